The number of benzene rings is 2. The van der Waals surface area contributed by atoms with Gasteiger partial charge < -0.3 is 10.6 Å². The normalized spacial score (nSPS) is 11.0. The molecular formula is C19H15ClFN5OS2. The van der Waals surface area contributed by atoms with Crippen LogP contribution in [0.5, 0.6) is 5.75 Å². The molecule has 0 aliphatic carbocycles. The lowest BCUT2D eigenvalue weighted by molar-refractivity contribution is 0.305. The van der Waals surface area contributed by atoms with Crippen LogP contribution in [0, 0.1) is 5.82 Å². The fourth-order valence-electron chi connectivity index (χ4n) is 2.47. The highest BCUT2D eigenvalue weighted by Gasteiger charge is 2.13. The first-order chi connectivity index (χ1) is 14.1. The molecule has 0 aliphatic heterocycles. The van der Waals surface area contributed by atoms with E-state index < -0.39 is 0 Å². The molecule has 148 valence electrons. The van der Waals surface area contributed by atoms with Gasteiger partial charge in [0.2, 0.25) is 5.16 Å². The molecule has 0 spiro atoms. The Morgan fingerprint density at radius 2 is 1.86 bits per heavy atom. The minimum Gasteiger partial charge on any atom is -0.486 e. The largest absolute Gasteiger partial charge is 0.486 e. The van der Waals surface area contributed by atoms with Gasteiger partial charge in [-0.2, -0.15) is 0 Å². The van der Waals surface area contributed by atoms with Gasteiger partial charge in [0.05, 0.1) is 5.69 Å². The van der Waals surface area contributed by atoms with Gasteiger partial charge in [0, 0.05) is 21.7 Å². The molecule has 0 fully saturated rings. The lowest BCUT2D eigenvalue weighted by Crippen LogP contribution is -2.11. The monoisotopic (exact) mass is 447 g/mol. The van der Waals surface area contributed by atoms with Crippen molar-refractivity contribution < 1.29 is 9.13 Å². The molecule has 29 heavy (non-hydrogen) atoms. The zero-order chi connectivity index (χ0) is 20.2. The number of nitrogens with zero attached hydrogens (tertiary/aromatic N) is 4. The number of hydrogen-bond donors (Lipinski definition) is 1. The smallest absolute Gasteiger partial charge is 0.210 e. The van der Waals surface area contributed by atoms with Crippen molar-refractivity contribution in [3.63, 3.8) is 0 Å². The number of thiazole rings is 1. The number of nitrogen functional groups attached to an aromatic ring is 1. The minimum absolute atomic E-state index is 0.314. The molecule has 0 aliphatic rings. The van der Waals surface area contributed by atoms with E-state index in [1.165, 1.54) is 39.9 Å². The average molecular weight is 448 g/mol. The summed E-state index contributed by atoms with van der Waals surface area (Å²) < 4.78 is 20.2. The molecule has 0 unspecified atom stereocenters. The second-order valence-corrected chi connectivity index (χ2v) is 8.27. The first-order valence-electron chi connectivity index (χ1n) is 8.49. The van der Waals surface area contributed by atoms with E-state index in [1.807, 2.05) is 17.5 Å². The summed E-state index contributed by atoms with van der Waals surface area (Å²) in [7, 11) is 0. The van der Waals surface area contributed by atoms with Crippen LogP contribution in [0.2, 0.25) is 5.02 Å². The van der Waals surface area contributed by atoms with Crippen molar-refractivity contribution in [3.05, 3.63) is 75.5 Å². The Balaban J connectivity index is 1.35. The second-order valence-electron chi connectivity index (χ2n) is 5.95. The highest BCUT2D eigenvalue weighted by Crippen LogP contribution is 2.25. The summed E-state index contributed by atoms with van der Waals surface area (Å²) in [5.74, 6) is 7.59. The van der Waals surface area contributed by atoms with Crippen LogP contribution >= 0.6 is 34.7 Å². The molecule has 2 aromatic carbocycles. The number of aromatic nitrogens is 4. The van der Waals surface area contributed by atoms with Crippen LogP contribution in [0.3, 0.4) is 0 Å². The minimum atomic E-state index is -0.314. The maximum absolute atomic E-state index is 13.1. The van der Waals surface area contributed by atoms with Crippen LogP contribution in [-0.2, 0) is 12.4 Å². The van der Waals surface area contributed by atoms with Gasteiger partial charge in [0.15, 0.2) is 5.82 Å². The van der Waals surface area contributed by atoms with Crippen LogP contribution in [0.15, 0.2) is 59.1 Å². The van der Waals surface area contributed by atoms with E-state index in [0.29, 0.717) is 33.9 Å². The third-order valence-electron chi connectivity index (χ3n) is 3.89. The molecule has 4 aromatic rings. The van der Waals surface area contributed by atoms with Gasteiger partial charge in [-0.05, 0) is 48.5 Å². The molecule has 0 radical (unpaired) electrons. The van der Waals surface area contributed by atoms with Crippen molar-refractivity contribution in [2.75, 3.05) is 5.84 Å². The highest BCUT2D eigenvalue weighted by atomic mass is 35.5. The molecule has 0 amide bonds. The van der Waals surface area contributed by atoms with Crippen molar-refractivity contribution in [2.24, 2.45) is 0 Å². The number of rotatable bonds is 7. The first kappa shape index (κ1) is 19.7. The van der Waals surface area contributed by atoms with Gasteiger partial charge in [0.25, 0.3) is 0 Å². The van der Waals surface area contributed by atoms with Crippen molar-refractivity contribution in [3.8, 4) is 17.1 Å². The van der Waals surface area contributed by atoms with Gasteiger partial charge in [-0.3, -0.25) is 0 Å². The zero-order valence-electron chi connectivity index (χ0n) is 15.0. The van der Waals surface area contributed by atoms with Crippen molar-refractivity contribution in [1.29, 1.82) is 0 Å². The number of hydrogen-bond acceptors (Lipinski definition) is 7. The predicted octanol–water partition coefficient (Wildman–Crippen LogP) is 4.78. The standard InChI is InChI=1S/C19H15ClFN5OS2/c20-13-3-7-16(8-4-13)27-9-17-23-15(10-28-17)11-29-19-25-24-18(26(19)22)12-1-5-14(21)6-2-12/h1-8,10H,9,11,22H2. The van der Waals surface area contributed by atoms with E-state index in [9.17, 15) is 4.39 Å². The predicted molar refractivity (Wildman–Crippen MR) is 113 cm³/mol. The Kier molecular flexibility index (Phi) is 5.98. The Morgan fingerprint density at radius 1 is 1.10 bits per heavy atom. The number of ether oxygens (including phenoxy) is 1. The van der Waals surface area contributed by atoms with E-state index in [-0.39, 0.29) is 5.82 Å². The topological polar surface area (TPSA) is 78.9 Å². The zero-order valence-corrected chi connectivity index (χ0v) is 17.3. The summed E-state index contributed by atoms with van der Waals surface area (Å²) in [6.45, 7) is 0.388. The summed E-state index contributed by atoms with van der Waals surface area (Å²) >= 11 is 8.82. The third-order valence-corrected chi connectivity index (χ3v) is 5.99. The van der Waals surface area contributed by atoms with Crippen molar-refractivity contribution in [1.82, 2.24) is 19.9 Å². The van der Waals surface area contributed by atoms with Gasteiger partial charge in [-0.1, -0.05) is 23.4 Å². The van der Waals surface area contributed by atoms with Crippen LogP contribution in [0.4, 0.5) is 4.39 Å². The molecule has 0 atom stereocenters. The first-order valence-corrected chi connectivity index (χ1v) is 10.7. The third kappa shape index (κ3) is 4.87. The fraction of sp³-hybridized carbons (Fsp3) is 0.105. The molecule has 10 heteroatoms. The van der Waals surface area contributed by atoms with Gasteiger partial charge >= 0.3 is 0 Å². The number of nitrogens with two attached hydrogens (primary N) is 1. The molecule has 0 saturated heterocycles. The molecule has 0 saturated carbocycles. The van der Waals surface area contributed by atoms with Gasteiger partial charge in [-0.25, -0.2) is 14.1 Å². The second kappa shape index (κ2) is 8.81. The van der Waals surface area contributed by atoms with Crippen LogP contribution < -0.4 is 10.6 Å². The van der Waals surface area contributed by atoms with E-state index in [0.717, 1.165) is 16.5 Å². The quantitative estimate of drug-likeness (QED) is 0.324. The molecule has 6 nitrogen and oxygen atoms in total. The summed E-state index contributed by atoms with van der Waals surface area (Å²) in [5, 5.41) is 12.3. The Hall–Kier alpha value is -2.62. The molecule has 2 N–H and O–H groups in total. The van der Waals surface area contributed by atoms with E-state index >= 15 is 0 Å². The molecule has 2 aromatic heterocycles. The van der Waals surface area contributed by atoms with Crippen molar-refractivity contribution >= 4 is 34.7 Å². The Labute approximate surface area is 179 Å². The SMILES string of the molecule is Nn1c(SCc2csc(COc3ccc(Cl)cc3)n2)nnc1-c1ccc(F)cc1. The Bertz CT molecular complexity index is 1100. The van der Waals surface area contributed by atoms with Gasteiger partial charge in [0.1, 0.15) is 23.2 Å². The average Bonchev–Trinajstić information content (AvgIpc) is 3.33. The molecule has 4 rings (SSSR count). The lowest BCUT2D eigenvalue weighted by Gasteiger charge is -2.04. The van der Waals surface area contributed by atoms with E-state index in [2.05, 4.69) is 15.2 Å². The maximum atomic E-state index is 13.1. The number of thioether (sulfide) groups is 1. The van der Waals surface area contributed by atoms with Crippen LogP contribution in [0.1, 0.15) is 10.7 Å². The van der Waals surface area contributed by atoms with E-state index in [4.69, 9.17) is 22.2 Å². The van der Waals surface area contributed by atoms with Crippen LogP contribution in [0.25, 0.3) is 11.4 Å². The Morgan fingerprint density at radius 3 is 2.62 bits per heavy atom. The summed E-state index contributed by atoms with van der Waals surface area (Å²) in [6, 6.07) is 13.2. The van der Waals surface area contributed by atoms with Crippen molar-refractivity contribution in [2.45, 2.75) is 17.5 Å². The summed E-state index contributed by atoms with van der Waals surface area (Å²) in [5.41, 5.74) is 1.60. The molecule has 0 bridgehead atoms. The van der Waals surface area contributed by atoms with Gasteiger partial charge in [-0.15, -0.1) is 21.5 Å². The molecule has 2 heterocycles. The van der Waals surface area contributed by atoms with E-state index in [1.54, 1.807) is 24.3 Å². The maximum Gasteiger partial charge on any atom is 0.210 e. The fourth-order valence-corrected chi connectivity index (χ4v) is 4.15. The summed E-state index contributed by atoms with van der Waals surface area (Å²) in [4.78, 5) is 4.57. The summed E-state index contributed by atoms with van der Waals surface area (Å²) in [6.07, 6.45) is 0. The molecular weight excluding hydrogens is 433 g/mol. The van der Waals surface area contributed by atoms with Crippen LogP contribution in [-0.4, -0.2) is 19.9 Å². The number of halogens is 2. The lowest BCUT2D eigenvalue weighted by atomic mass is 10.2. The highest BCUT2D eigenvalue weighted by molar-refractivity contribution is 7.98.